The Morgan fingerprint density at radius 1 is 0.944 bits per heavy atom. The van der Waals surface area contributed by atoms with E-state index in [1.165, 1.54) is 0 Å². The van der Waals surface area contributed by atoms with Gasteiger partial charge in [0.25, 0.3) is 15.9 Å². The molecule has 4 aromatic carbocycles. The van der Waals surface area contributed by atoms with Crippen molar-refractivity contribution in [3.63, 3.8) is 0 Å². The number of amides is 1. The lowest BCUT2D eigenvalue weighted by molar-refractivity contribution is 0.0947. The largest absolute Gasteiger partial charge is 0.505 e. The molecule has 0 saturated carbocycles. The molecule has 0 fully saturated rings. The predicted molar refractivity (Wildman–Crippen MR) is 131 cm³/mol. The standard InChI is InChI=1S/C25H17ClF2N2O5S/c26-18-8-15-10-23(24(18)31)36(33,34)30-21-11-16(19(27)12-20(21)28)17-7-13-3-1-2-4-14(13)9-22(17)35-6-5-29-25(15)32/h1-4,7-12,30-31H,5-6H2,(H,29,32). The molecule has 0 saturated heterocycles. The van der Waals surface area contributed by atoms with Gasteiger partial charge in [-0.1, -0.05) is 35.9 Å². The Labute approximate surface area is 209 Å². The Balaban J connectivity index is 1.74. The zero-order chi connectivity index (χ0) is 25.6. The van der Waals surface area contributed by atoms with Gasteiger partial charge in [0.1, 0.15) is 28.9 Å². The first-order valence-electron chi connectivity index (χ1n) is 10.6. The average molecular weight is 531 g/mol. The summed E-state index contributed by atoms with van der Waals surface area (Å²) in [5.74, 6) is -3.39. The molecule has 1 amide bonds. The summed E-state index contributed by atoms with van der Waals surface area (Å²) in [5.41, 5.74) is -0.602. The molecule has 0 aliphatic carbocycles. The molecule has 0 unspecified atom stereocenters. The Hall–Kier alpha value is -3.89. The molecule has 36 heavy (non-hydrogen) atoms. The van der Waals surface area contributed by atoms with Gasteiger partial charge in [-0.2, -0.15) is 0 Å². The van der Waals surface area contributed by atoms with Crippen molar-refractivity contribution >= 4 is 44.0 Å². The SMILES string of the molecule is O=C1NCCOc2cc3ccccc3cc2-c2cc(c(F)cc2F)NS(=O)(=O)c2cc1cc(Cl)c2O. The summed E-state index contributed by atoms with van der Waals surface area (Å²) >= 11 is 5.96. The van der Waals surface area contributed by atoms with E-state index in [0.29, 0.717) is 6.07 Å². The van der Waals surface area contributed by atoms with E-state index in [1.807, 2.05) is 16.9 Å². The normalized spacial score (nSPS) is 15.0. The van der Waals surface area contributed by atoms with Crippen LogP contribution in [0.1, 0.15) is 10.4 Å². The van der Waals surface area contributed by atoms with Gasteiger partial charge in [-0.15, -0.1) is 0 Å². The van der Waals surface area contributed by atoms with Crippen LogP contribution < -0.4 is 14.8 Å². The summed E-state index contributed by atoms with van der Waals surface area (Å²) in [6, 6.07) is 14.1. The zero-order valence-corrected chi connectivity index (χ0v) is 19.9. The fourth-order valence-corrected chi connectivity index (χ4v) is 5.40. The van der Waals surface area contributed by atoms with Gasteiger partial charge < -0.3 is 15.2 Å². The molecule has 0 spiro atoms. The summed E-state index contributed by atoms with van der Waals surface area (Å²) in [6.07, 6.45) is 0. The lowest BCUT2D eigenvalue weighted by atomic mass is 9.99. The molecule has 5 rings (SSSR count). The molecule has 7 nitrogen and oxygen atoms in total. The number of benzene rings is 4. The van der Waals surface area contributed by atoms with Crippen LogP contribution in [0, 0.1) is 11.6 Å². The molecule has 4 aromatic rings. The van der Waals surface area contributed by atoms with Crippen molar-refractivity contribution in [3.8, 4) is 22.6 Å². The van der Waals surface area contributed by atoms with Crippen LogP contribution in [-0.4, -0.2) is 32.6 Å². The number of halogens is 3. The van der Waals surface area contributed by atoms with Crippen LogP contribution >= 0.6 is 11.6 Å². The van der Waals surface area contributed by atoms with Crippen LogP contribution in [-0.2, 0) is 10.0 Å². The lowest BCUT2D eigenvalue weighted by Gasteiger charge is -2.16. The second kappa shape index (κ2) is 8.96. The van der Waals surface area contributed by atoms with Gasteiger partial charge in [-0.25, -0.2) is 17.2 Å². The van der Waals surface area contributed by atoms with E-state index in [-0.39, 0.29) is 35.6 Å². The van der Waals surface area contributed by atoms with Crippen LogP contribution in [0.5, 0.6) is 11.5 Å². The third-order valence-corrected chi connectivity index (χ3v) is 7.33. The fourth-order valence-electron chi connectivity index (χ4n) is 3.92. The van der Waals surface area contributed by atoms with Crippen LogP contribution in [0.4, 0.5) is 14.5 Å². The number of rotatable bonds is 0. The maximum atomic E-state index is 15.0. The van der Waals surface area contributed by atoms with Crippen LogP contribution in [0.3, 0.4) is 0 Å². The van der Waals surface area contributed by atoms with Gasteiger partial charge in [0, 0.05) is 22.8 Å². The number of carbonyl (C=O) groups is 1. The lowest BCUT2D eigenvalue weighted by Crippen LogP contribution is -2.28. The molecule has 11 heteroatoms. The molecule has 184 valence electrons. The first kappa shape index (κ1) is 23.8. The molecule has 1 aliphatic rings. The number of phenols is 1. The van der Waals surface area contributed by atoms with E-state index >= 15 is 4.39 Å². The summed E-state index contributed by atoms with van der Waals surface area (Å²) in [6.45, 7) is 0.00303. The predicted octanol–water partition coefficient (Wildman–Crippen LogP) is 5.07. The minimum Gasteiger partial charge on any atom is -0.505 e. The van der Waals surface area contributed by atoms with Crippen molar-refractivity contribution < 1.29 is 31.8 Å². The first-order valence-corrected chi connectivity index (χ1v) is 12.5. The van der Waals surface area contributed by atoms with E-state index in [4.69, 9.17) is 16.3 Å². The number of ether oxygens (including phenoxy) is 1. The summed E-state index contributed by atoms with van der Waals surface area (Å²) < 4.78 is 63.9. The topological polar surface area (TPSA) is 105 Å². The van der Waals surface area contributed by atoms with Crippen molar-refractivity contribution in [1.29, 1.82) is 0 Å². The number of aromatic hydroxyl groups is 1. The number of hydrogen-bond acceptors (Lipinski definition) is 5. The van der Waals surface area contributed by atoms with Crippen LogP contribution in [0.2, 0.25) is 5.02 Å². The molecule has 4 bridgehead atoms. The second-order valence-corrected chi connectivity index (χ2v) is 10.1. The number of carbonyl (C=O) groups excluding carboxylic acids is 1. The monoisotopic (exact) mass is 530 g/mol. The highest BCUT2D eigenvalue weighted by Gasteiger charge is 2.26. The van der Waals surface area contributed by atoms with E-state index in [0.717, 1.165) is 29.0 Å². The molecule has 1 heterocycles. The Morgan fingerprint density at radius 2 is 1.67 bits per heavy atom. The molecule has 0 radical (unpaired) electrons. The Morgan fingerprint density at radius 3 is 2.42 bits per heavy atom. The number of sulfonamides is 1. The van der Waals surface area contributed by atoms with Gasteiger partial charge in [-0.05, 0) is 41.1 Å². The van der Waals surface area contributed by atoms with Gasteiger partial charge in [0.15, 0.2) is 5.75 Å². The van der Waals surface area contributed by atoms with Crippen LogP contribution in [0.25, 0.3) is 21.9 Å². The highest BCUT2D eigenvalue weighted by molar-refractivity contribution is 7.92. The number of phenolic OH excluding ortho intramolecular Hbond substituents is 1. The molecular formula is C25H17ClF2N2O5S. The van der Waals surface area contributed by atoms with Gasteiger partial charge >= 0.3 is 0 Å². The highest BCUT2D eigenvalue weighted by Crippen LogP contribution is 2.39. The van der Waals surface area contributed by atoms with Crippen LogP contribution in [0.15, 0.2) is 65.6 Å². The summed E-state index contributed by atoms with van der Waals surface area (Å²) in [5, 5.41) is 14.0. The van der Waals surface area contributed by atoms with Crippen molar-refractivity contribution in [3.05, 3.63) is 82.9 Å². The van der Waals surface area contributed by atoms with Gasteiger partial charge in [0.05, 0.1) is 17.3 Å². The maximum absolute atomic E-state index is 15.0. The second-order valence-electron chi connectivity index (χ2n) is 8.02. The van der Waals surface area contributed by atoms with Crippen molar-refractivity contribution in [2.45, 2.75) is 4.90 Å². The average Bonchev–Trinajstić information content (AvgIpc) is 2.84. The first-order chi connectivity index (χ1) is 17.1. The van der Waals surface area contributed by atoms with Crippen molar-refractivity contribution in [2.75, 3.05) is 17.9 Å². The molecule has 0 aromatic heterocycles. The van der Waals surface area contributed by atoms with E-state index in [9.17, 15) is 22.7 Å². The number of hydrogen-bond donors (Lipinski definition) is 3. The Kier molecular flexibility index (Phi) is 5.93. The van der Waals surface area contributed by atoms with Crippen molar-refractivity contribution in [2.24, 2.45) is 0 Å². The zero-order valence-electron chi connectivity index (χ0n) is 18.3. The van der Waals surface area contributed by atoms with Gasteiger partial charge in [-0.3, -0.25) is 9.52 Å². The molecule has 3 N–H and O–H groups in total. The number of fused-ring (bicyclic) bond motifs is 7. The fraction of sp³-hybridized carbons (Fsp3) is 0.0800. The third kappa shape index (κ3) is 4.29. The summed E-state index contributed by atoms with van der Waals surface area (Å²) in [4.78, 5) is 11.9. The molecule has 1 aliphatic heterocycles. The molecular weight excluding hydrogens is 514 g/mol. The third-order valence-electron chi connectivity index (χ3n) is 5.66. The number of nitrogens with one attached hydrogen (secondary N) is 2. The minimum absolute atomic E-state index is 0.0119. The quantitative estimate of drug-likeness (QED) is 0.294. The van der Waals surface area contributed by atoms with Gasteiger partial charge in [0.2, 0.25) is 0 Å². The minimum atomic E-state index is -4.66. The highest BCUT2D eigenvalue weighted by atomic mass is 35.5. The molecule has 0 atom stereocenters. The maximum Gasteiger partial charge on any atom is 0.265 e. The Bertz CT molecular complexity index is 1660. The van der Waals surface area contributed by atoms with E-state index in [2.05, 4.69) is 5.32 Å². The number of anilines is 1. The van der Waals surface area contributed by atoms with E-state index in [1.54, 1.807) is 24.3 Å². The van der Waals surface area contributed by atoms with Crippen molar-refractivity contribution in [1.82, 2.24) is 5.32 Å². The smallest absolute Gasteiger partial charge is 0.265 e. The van der Waals surface area contributed by atoms with E-state index < -0.39 is 48.9 Å². The summed E-state index contributed by atoms with van der Waals surface area (Å²) in [7, 11) is -4.66.